The van der Waals surface area contributed by atoms with Crippen molar-refractivity contribution >= 4 is 17.7 Å². The molecule has 3 amide bonds. The van der Waals surface area contributed by atoms with Gasteiger partial charge in [0.05, 0.1) is 5.41 Å². The predicted octanol–water partition coefficient (Wildman–Crippen LogP) is 1.86. The topological polar surface area (TPSA) is 69.7 Å². The van der Waals surface area contributed by atoms with Crippen molar-refractivity contribution in [1.29, 1.82) is 0 Å². The van der Waals surface area contributed by atoms with Gasteiger partial charge in [0.15, 0.2) is 0 Å². The molecule has 6 nitrogen and oxygen atoms in total. The van der Waals surface area contributed by atoms with Gasteiger partial charge in [-0.25, -0.2) is 0 Å². The van der Waals surface area contributed by atoms with Gasteiger partial charge in [-0.15, -0.1) is 0 Å². The van der Waals surface area contributed by atoms with Gasteiger partial charge >= 0.3 is 0 Å². The molecule has 0 bridgehead atoms. The van der Waals surface area contributed by atoms with E-state index >= 15 is 0 Å². The van der Waals surface area contributed by atoms with Gasteiger partial charge in [0.25, 0.3) is 0 Å². The Morgan fingerprint density at radius 2 is 1.76 bits per heavy atom. The van der Waals surface area contributed by atoms with Gasteiger partial charge in [0, 0.05) is 44.6 Å². The smallest absolute Gasteiger partial charge is 0.245 e. The van der Waals surface area contributed by atoms with E-state index in [1.165, 1.54) is 6.08 Å². The normalized spacial score (nSPS) is 26.3. The Bertz CT molecular complexity index is 814. The minimum atomic E-state index is -0.617. The van der Waals surface area contributed by atoms with Gasteiger partial charge in [-0.3, -0.25) is 14.4 Å². The maximum Gasteiger partial charge on any atom is 0.245 e. The van der Waals surface area contributed by atoms with Crippen LogP contribution in [0.1, 0.15) is 37.7 Å². The number of hydrogen-bond donors (Lipinski definition) is 1. The van der Waals surface area contributed by atoms with Gasteiger partial charge in [0.2, 0.25) is 17.7 Å². The molecule has 3 heterocycles. The summed E-state index contributed by atoms with van der Waals surface area (Å²) in [4.78, 5) is 41.6. The fourth-order valence-electron chi connectivity index (χ4n) is 5.35. The van der Waals surface area contributed by atoms with E-state index in [2.05, 4.69) is 11.9 Å². The molecule has 1 atom stereocenters. The summed E-state index contributed by atoms with van der Waals surface area (Å²) in [5.74, 6) is 0.160. The van der Waals surface area contributed by atoms with Gasteiger partial charge in [-0.2, -0.15) is 0 Å². The number of carbonyl (C=O) groups excluding carboxylic acids is 3. The molecule has 154 valence electrons. The second-order valence-electron chi connectivity index (χ2n) is 8.76. The molecule has 0 saturated carbocycles. The lowest BCUT2D eigenvalue weighted by molar-refractivity contribution is -0.145. The number of likely N-dealkylation sites (tertiary alicyclic amines) is 2. The van der Waals surface area contributed by atoms with Crippen LogP contribution >= 0.6 is 0 Å². The Hall–Kier alpha value is -2.63. The molecule has 0 aromatic heterocycles. The summed E-state index contributed by atoms with van der Waals surface area (Å²) in [5.41, 5.74) is 0.284. The SMILES string of the molecule is C=CC(=O)N1CCC(C(=O)N2CCCC3(CNC(=O)C3)C2)(c2ccccc2)CC1. The second-order valence-corrected chi connectivity index (χ2v) is 8.76. The highest BCUT2D eigenvalue weighted by Crippen LogP contribution is 2.41. The fraction of sp³-hybridized carbons (Fsp3) is 0.522. The first-order chi connectivity index (χ1) is 14.0. The molecule has 1 spiro atoms. The first-order valence-corrected chi connectivity index (χ1v) is 10.5. The number of benzene rings is 1. The monoisotopic (exact) mass is 395 g/mol. The van der Waals surface area contributed by atoms with E-state index in [9.17, 15) is 14.4 Å². The molecule has 0 aliphatic carbocycles. The second kappa shape index (κ2) is 7.65. The van der Waals surface area contributed by atoms with Gasteiger partial charge < -0.3 is 15.1 Å². The molecule has 3 saturated heterocycles. The highest BCUT2D eigenvalue weighted by Gasteiger charge is 2.49. The number of nitrogens with one attached hydrogen (secondary N) is 1. The van der Waals surface area contributed by atoms with Crippen LogP contribution in [-0.2, 0) is 19.8 Å². The summed E-state index contributed by atoms with van der Waals surface area (Å²) in [6.07, 6.45) is 4.97. The molecular weight excluding hydrogens is 366 g/mol. The third kappa shape index (κ3) is 3.56. The first-order valence-electron chi connectivity index (χ1n) is 10.5. The van der Waals surface area contributed by atoms with Crippen molar-refractivity contribution < 1.29 is 14.4 Å². The van der Waals surface area contributed by atoms with E-state index in [0.29, 0.717) is 45.4 Å². The quantitative estimate of drug-likeness (QED) is 0.795. The van der Waals surface area contributed by atoms with E-state index in [1.807, 2.05) is 35.2 Å². The molecular formula is C23H29N3O3. The largest absolute Gasteiger partial charge is 0.355 e. The van der Waals surface area contributed by atoms with E-state index in [1.54, 1.807) is 4.90 Å². The molecule has 1 unspecified atom stereocenters. The Morgan fingerprint density at radius 1 is 1.03 bits per heavy atom. The Labute approximate surface area is 171 Å². The van der Waals surface area contributed by atoms with Crippen LogP contribution in [0, 0.1) is 5.41 Å². The fourth-order valence-corrected chi connectivity index (χ4v) is 5.35. The predicted molar refractivity (Wildman–Crippen MR) is 110 cm³/mol. The number of piperidine rings is 2. The zero-order chi connectivity index (χ0) is 20.5. The summed E-state index contributed by atoms with van der Waals surface area (Å²) in [6, 6.07) is 9.97. The standard InChI is InChI=1S/C23H29N3O3/c1-2-20(28)25-13-10-23(11-14-25,18-7-4-3-5-8-18)21(29)26-12-6-9-22(17-26)15-19(27)24-16-22/h2-5,7-8H,1,6,9-17H2,(H,24,27). The zero-order valence-electron chi connectivity index (χ0n) is 16.9. The van der Waals surface area contributed by atoms with Crippen LogP contribution in [0.2, 0.25) is 0 Å². The summed E-state index contributed by atoms with van der Waals surface area (Å²) >= 11 is 0. The lowest BCUT2D eigenvalue weighted by atomic mass is 9.70. The average molecular weight is 396 g/mol. The molecule has 3 aliphatic heterocycles. The highest BCUT2D eigenvalue weighted by atomic mass is 16.2. The molecule has 1 N–H and O–H groups in total. The number of amides is 3. The molecule has 29 heavy (non-hydrogen) atoms. The summed E-state index contributed by atoms with van der Waals surface area (Å²) < 4.78 is 0. The van der Waals surface area contributed by atoms with Crippen LogP contribution in [0.3, 0.4) is 0 Å². The molecule has 6 heteroatoms. The van der Waals surface area contributed by atoms with Gasteiger partial charge in [0.1, 0.15) is 0 Å². The maximum absolute atomic E-state index is 13.9. The van der Waals surface area contributed by atoms with Crippen molar-refractivity contribution in [3.8, 4) is 0 Å². The van der Waals surface area contributed by atoms with E-state index in [-0.39, 0.29) is 23.1 Å². The maximum atomic E-state index is 13.9. The first kappa shape index (κ1) is 19.7. The third-order valence-electron chi connectivity index (χ3n) is 6.98. The van der Waals surface area contributed by atoms with Gasteiger partial charge in [-0.1, -0.05) is 36.9 Å². The van der Waals surface area contributed by atoms with Crippen molar-refractivity contribution in [2.24, 2.45) is 5.41 Å². The van der Waals surface area contributed by atoms with Crippen LogP contribution < -0.4 is 5.32 Å². The van der Waals surface area contributed by atoms with Crippen molar-refractivity contribution in [3.05, 3.63) is 48.6 Å². The van der Waals surface area contributed by atoms with Gasteiger partial charge in [-0.05, 0) is 37.3 Å². The number of hydrogen-bond acceptors (Lipinski definition) is 3. The minimum absolute atomic E-state index is 0.0772. The molecule has 1 aromatic rings. The third-order valence-corrected chi connectivity index (χ3v) is 6.98. The van der Waals surface area contributed by atoms with E-state index < -0.39 is 5.41 Å². The summed E-state index contributed by atoms with van der Waals surface area (Å²) in [6.45, 7) is 6.71. The molecule has 0 radical (unpaired) electrons. The summed E-state index contributed by atoms with van der Waals surface area (Å²) in [7, 11) is 0. The summed E-state index contributed by atoms with van der Waals surface area (Å²) in [5, 5.41) is 2.95. The highest BCUT2D eigenvalue weighted by molar-refractivity contribution is 5.90. The Kier molecular flexibility index (Phi) is 5.19. The van der Waals surface area contributed by atoms with Crippen LogP contribution in [0.4, 0.5) is 0 Å². The van der Waals surface area contributed by atoms with Crippen LogP contribution in [0.5, 0.6) is 0 Å². The van der Waals surface area contributed by atoms with E-state index in [0.717, 1.165) is 24.9 Å². The minimum Gasteiger partial charge on any atom is -0.355 e. The molecule has 3 fully saturated rings. The Balaban J connectivity index is 1.60. The van der Waals surface area contributed by atoms with Crippen LogP contribution in [0.25, 0.3) is 0 Å². The average Bonchev–Trinajstić information content (AvgIpc) is 3.12. The van der Waals surface area contributed by atoms with E-state index in [4.69, 9.17) is 0 Å². The van der Waals surface area contributed by atoms with Crippen molar-refractivity contribution in [1.82, 2.24) is 15.1 Å². The lowest BCUT2D eigenvalue weighted by Crippen LogP contribution is -2.57. The number of nitrogens with zero attached hydrogens (tertiary/aromatic N) is 2. The number of rotatable bonds is 3. The lowest BCUT2D eigenvalue weighted by Gasteiger charge is -2.47. The molecule has 4 rings (SSSR count). The molecule has 3 aliphatic rings. The van der Waals surface area contributed by atoms with Crippen molar-refractivity contribution in [2.75, 3.05) is 32.7 Å². The zero-order valence-corrected chi connectivity index (χ0v) is 16.9. The van der Waals surface area contributed by atoms with Crippen LogP contribution in [0.15, 0.2) is 43.0 Å². The Morgan fingerprint density at radius 3 is 2.38 bits per heavy atom. The van der Waals surface area contributed by atoms with Crippen molar-refractivity contribution in [2.45, 2.75) is 37.5 Å². The van der Waals surface area contributed by atoms with Crippen LogP contribution in [-0.4, -0.2) is 60.2 Å². The molecule has 1 aromatic carbocycles. The van der Waals surface area contributed by atoms with Crippen molar-refractivity contribution in [3.63, 3.8) is 0 Å². The number of carbonyl (C=O) groups is 3.